The van der Waals surface area contributed by atoms with Crippen LogP contribution in [0.25, 0.3) is 10.9 Å². The third kappa shape index (κ3) is 5.49. The van der Waals surface area contributed by atoms with Crippen molar-refractivity contribution < 1.29 is 4.74 Å². The van der Waals surface area contributed by atoms with Crippen LogP contribution < -0.4 is 20.9 Å². The van der Waals surface area contributed by atoms with E-state index in [0.29, 0.717) is 55.9 Å². The van der Waals surface area contributed by atoms with Gasteiger partial charge < -0.3 is 20.3 Å². The molecule has 0 spiro atoms. The zero-order valence-corrected chi connectivity index (χ0v) is 26.5. The molecule has 4 aliphatic rings. The summed E-state index contributed by atoms with van der Waals surface area (Å²) >= 11 is 12.3. The van der Waals surface area contributed by atoms with Crippen LogP contribution >= 0.6 is 23.2 Å². The highest BCUT2D eigenvalue weighted by Crippen LogP contribution is 2.61. The Balaban J connectivity index is 1.29. The van der Waals surface area contributed by atoms with Crippen LogP contribution in [-0.4, -0.2) is 52.1 Å². The average molecular weight is 612 g/mol. The molecule has 2 aromatic carbocycles. The highest BCUT2D eigenvalue weighted by Gasteiger charge is 2.56. The van der Waals surface area contributed by atoms with Crippen molar-refractivity contribution in [1.29, 1.82) is 0 Å². The predicted octanol–water partition coefficient (Wildman–Crippen LogP) is 5.95. The van der Waals surface area contributed by atoms with Gasteiger partial charge in [-0.05, 0) is 79.3 Å². The first-order chi connectivity index (χ1) is 20.0. The first kappa shape index (κ1) is 29.3. The molecule has 10 heteroatoms. The maximum absolute atomic E-state index is 13.2. The lowest BCUT2D eigenvalue weighted by Gasteiger charge is -2.61. The SMILES string of the molecule is CC1CN(C(=NC2CC3CC(C2C)C3(C)C)Nc2ccc3c(=O)n(C)c(COc4ccc(Cl)cc4Cl)nc3c2)CCN1. The number of ether oxygens (including phenoxy) is 1. The number of rotatable bonds is 5. The average Bonchev–Trinajstić information content (AvgIpc) is 2.95. The molecule has 5 unspecified atom stereocenters. The van der Waals surface area contributed by atoms with Gasteiger partial charge in [-0.25, -0.2) is 9.98 Å². The van der Waals surface area contributed by atoms with Crippen molar-refractivity contribution in [2.24, 2.45) is 35.2 Å². The van der Waals surface area contributed by atoms with E-state index in [1.165, 1.54) is 11.0 Å². The van der Waals surface area contributed by atoms with Gasteiger partial charge in [0.15, 0.2) is 5.96 Å². The number of piperazine rings is 1. The van der Waals surface area contributed by atoms with E-state index in [2.05, 4.69) is 43.2 Å². The number of anilines is 1. The molecule has 42 heavy (non-hydrogen) atoms. The van der Waals surface area contributed by atoms with E-state index in [1.807, 2.05) is 18.2 Å². The molecule has 4 fully saturated rings. The fourth-order valence-corrected chi connectivity index (χ4v) is 7.62. The molecule has 2 bridgehead atoms. The minimum Gasteiger partial charge on any atom is -0.484 e. The van der Waals surface area contributed by atoms with Gasteiger partial charge in [0.1, 0.15) is 18.2 Å². The molecule has 1 saturated heterocycles. The molecule has 3 saturated carbocycles. The Morgan fingerprint density at radius 3 is 2.71 bits per heavy atom. The molecule has 7 rings (SSSR count). The molecule has 1 aliphatic heterocycles. The van der Waals surface area contributed by atoms with Crippen molar-refractivity contribution in [1.82, 2.24) is 19.8 Å². The minimum atomic E-state index is -0.130. The molecule has 5 atom stereocenters. The smallest absolute Gasteiger partial charge is 0.261 e. The van der Waals surface area contributed by atoms with Crippen molar-refractivity contribution in [3.05, 3.63) is 62.6 Å². The molecule has 2 heterocycles. The number of fused-ring (bicyclic) bond motifs is 3. The first-order valence-electron chi connectivity index (χ1n) is 14.9. The maximum Gasteiger partial charge on any atom is 0.261 e. The molecule has 0 amide bonds. The lowest BCUT2D eigenvalue weighted by molar-refractivity contribution is -0.108. The number of nitrogens with zero attached hydrogens (tertiary/aromatic N) is 4. The molecule has 0 radical (unpaired) electrons. The maximum atomic E-state index is 13.2. The van der Waals surface area contributed by atoms with Gasteiger partial charge in [-0.1, -0.05) is 44.0 Å². The molecule has 3 aromatic rings. The first-order valence-corrected chi connectivity index (χ1v) is 15.7. The fraction of sp³-hybridized carbons (Fsp3) is 0.531. The Bertz CT molecular complexity index is 1590. The lowest BCUT2D eigenvalue weighted by Crippen LogP contribution is -2.57. The number of aliphatic imine (C=N–C) groups is 1. The Hall–Kier alpha value is -2.81. The van der Waals surface area contributed by atoms with E-state index in [0.717, 1.165) is 49.5 Å². The molecule has 3 aliphatic carbocycles. The zero-order valence-electron chi connectivity index (χ0n) is 25.0. The molecular formula is C32H40Cl2N6O2. The zero-order chi connectivity index (χ0) is 29.8. The van der Waals surface area contributed by atoms with Crippen LogP contribution in [0.1, 0.15) is 46.4 Å². The standard InChI is InChI=1S/C32H40Cl2N6O2/c1-18-16-40(11-10-35-18)31(38-26-13-20-12-24(19(26)2)32(20,3)4)36-22-7-8-23-27(15-22)37-29(39(5)30(23)41)17-42-28-9-6-21(33)14-25(28)34/h6-9,14-15,18-20,24,26,35H,10-13,16-17H2,1-5H3,(H,36,38). The van der Waals surface area contributed by atoms with Crippen LogP contribution in [0.15, 0.2) is 46.2 Å². The van der Waals surface area contributed by atoms with Crippen molar-refractivity contribution in [2.45, 2.75) is 59.2 Å². The monoisotopic (exact) mass is 610 g/mol. The van der Waals surface area contributed by atoms with E-state index < -0.39 is 0 Å². The summed E-state index contributed by atoms with van der Waals surface area (Å²) < 4.78 is 7.43. The fourth-order valence-electron chi connectivity index (χ4n) is 7.16. The van der Waals surface area contributed by atoms with Gasteiger partial charge in [0.25, 0.3) is 5.56 Å². The number of aromatic nitrogens is 2. The quantitative estimate of drug-likeness (QED) is 0.274. The third-order valence-electron chi connectivity index (χ3n) is 9.95. The highest BCUT2D eigenvalue weighted by atomic mass is 35.5. The third-order valence-corrected chi connectivity index (χ3v) is 10.5. The van der Waals surface area contributed by atoms with Gasteiger partial charge in [-0.2, -0.15) is 0 Å². The van der Waals surface area contributed by atoms with E-state index in [-0.39, 0.29) is 12.2 Å². The Morgan fingerprint density at radius 2 is 2.00 bits per heavy atom. The molecule has 2 N–H and O–H groups in total. The van der Waals surface area contributed by atoms with Gasteiger partial charge in [0.05, 0.1) is 22.0 Å². The summed E-state index contributed by atoms with van der Waals surface area (Å²) in [4.78, 5) is 25.8. The van der Waals surface area contributed by atoms with Crippen LogP contribution in [0.5, 0.6) is 5.75 Å². The predicted molar refractivity (Wildman–Crippen MR) is 171 cm³/mol. The Labute approximate surface area is 257 Å². The normalized spacial score (nSPS) is 27.1. The second kappa shape index (κ2) is 11.4. The number of halogens is 2. The van der Waals surface area contributed by atoms with Crippen molar-refractivity contribution in [3.8, 4) is 5.75 Å². The largest absolute Gasteiger partial charge is 0.484 e. The summed E-state index contributed by atoms with van der Waals surface area (Å²) in [6.07, 6.45) is 2.46. The summed E-state index contributed by atoms with van der Waals surface area (Å²) in [5.74, 6) is 3.88. The van der Waals surface area contributed by atoms with E-state index >= 15 is 0 Å². The van der Waals surface area contributed by atoms with Crippen LogP contribution in [0, 0.1) is 23.2 Å². The Kier molecular flexibility index (Phi) is 7.92. The molecule has 8 nitrogen and oxygen atoms in total. The molecular weight excluding hydrogens is 571 g/mol. The van der Waals surface area contributed by atoms with Gasteiger partial charge in [0.2, 0.25) is 0 Å². The second-order valence-corrected chi connectivity index (χ2v) is 13.7. The summed E-state index contributed by atoms with van der Waals surface area (Å²) in [5, 5.41) is 8.67. The van der Waals surface area contributed by atoms with E-state index in [1.54, 1.807) is 25.2 Å². The van der Waals surface area contributed by atoms with E-state index in [4.69, 9.17) is 37.9 Å². The molecule has 1 aromatic heterocycles. The van der Waals surface area contributed by atoms with Crippen molar-refractivity contribution in [2.75, 3.05) is 25.0 Å². The van der Waals surface area contributed by atoms with E-state index in [9.17, 15) is 4.79 Å². The van der Waals surface area contributed by atoms with Gasteiger partial charge in [0, 0.05) is 43.4 Å². The lowest BCUT2D eigenvalue weighted by atomic mass is 9.45. The number of hydrogen-bond donors (Lipinski definition) is 2. The van der Waals surface area contributed by atoms with Gasteiger partial charge in [-0.15, -0.1) is 0 Å². The number of guanidine groups is 1. The number of hydrogen-bond acceptors (Lipinski definition) is 5. The Morgan fingerprint density at radius 1 is 1.19 bits per heavy atom. The van der Waals surface area contributed by atoms with Gasteiger partial charge >= 0.3 is 0 Å². The van der Waals surface area contributed by atoms with Crippen molar-refractivity contribution in [3.63, 3.8) is 0 Å². The van der Waals surface area contributed by atoms with Crippen LogP contribution in [0.4, 0.5) is 5.69 Å². The van der Waals surface area contributed by atoms with Crippen LogP contribution in [0.2, 0.25) is 10.0 Å². The molecule has 224 valence electrons. The summed E-state index contributed by atoms with van der Waals surface area (Å²) in [6, 6.07) is 11.4. The summed E-state index contributed by atoms with van der Waals surface area (Å²) in [6.45, 7) is 12.2. The van der Waals surface area contributed by atoms with Crippen LogP contribution in [-0.2, 0) is 13.7 Å². The number of benzene rings is 2. The summed E-state index contributed by atoms with van der Waals surface area (Å²) in [5.41, 5.74) is 1.75. The number of nitrogens with one attached hydrogen (secondary N) is 2. The highest BCUT2D eigenvalue weighted by molar-refractivity contribution is 6.35. The van der Waals surface area contributed by atoms with Crippen molar-refractivity contribution >= 4 is 45.8 Å². The second-order valence-electron chi connectivity index (χ2n) is 12.9. The van der Waals surface area contributed by atoms with Crippen LogP contribution in [0.3, 0.4) is 0 Å². The minimum absolute atomic E-state index is 0.0876. The topological polar surface area (TPSA) is 83.8 Å². The van der Waals surface area contributed by atoms with Gasteiger partial charge in [-0.3, -0.25) is 9.36 Å². The summed E-state index contributed by atoms with van der Waals surface area (Å²) in [7, 11) is 1.70.